The Kier molecular flexibility index (Phi) is 6.11. The van der Waals surface area contributed by atoms with Crippen molar-refractivity contribution in [3.63, 3.8) is 0 Å². The van der Waals surface area contributed by atoms with Crippen LogP contribution in [0.25, 0.3) is 0 Å². The predicted octanol–water partition coefficient (Wildman–Crippen LogP) is 4.31. The fraction of sp³-hybridized carbons (Fsp3) is 0.333. The first kappa shape index (κ1) is 17.4. The summed E-state index contributed by atoms with van der Waals surface area (Å²) >= 11 is 5.70. The summed E-state index contributed by atoms with van der Waals surface area (Å²) in [6, 6.07) is 8.23. The number of anilines is 1. The van der Waals surface area contributed by atoms with Crippen LogP contribution in [0.2, 0.25) is 5.02 Å². The third kappa shape index (κ3) is 4.76. The molecule has 0 aliphatic heterocycles. The van der Waals surface area contributed by atoms with E-state index in [1.54, 1.807) is 0 Å². The summed E-state index contributed by atoms with van der Waals surface area (Å²) < 4.78 is 14.9. The molecule has 1 aromatic heterocycles. The van der Waals surface area contributed by atoms with Crippen LogP contribution in [0.3, 0.4) is 0 Å². The van der Waals surface area contributed by atoms with E-state index in [1.165, 1.54) is 23.8 Å². The Morgan fingerprint density at radius 2 is 1.87 bits per heavy atom. The van der Waals surface area contributed by atoms with Crippen LogP contribution in [0.1, 0.15) is 38.2 Å². The van der Waals surface area contributed by atoms with E-state index in [9.17, 15) is 9.18 Å². The second-order valence-electron chi connectivity index (χ2n) is 5.49. The summed E-state index contributed by atoms with van der Waals surface area (Å²) in [4.78, 5) is 12.0. The molecule has 1 N–H and O–H groups in total. The minimum Gasteiger partial charge on any atom is -0.321 e. The van der Waals surface area contributed by atoms with Gasteiger partial charge in [-0.15, -0.1) is 0 Å². The minimum absolute atomic E-state index is 0.00928. The number of benzene rings is 1. The lowest BCUT2D eigenvalue weighted by atomic mass is 9.95. The summed E-state index contributed by atoms with van der Waals surface area (Å²) in [6.07, 6.45) is 6.02. The molecule has 0 saturated carbocycles. The number of halogens is 2. The van der Waals surface area contributed by atoms with Gasteiger partial charge in [0, 0.05) is 17.8 Å². The van der Waals surface area contributed by atoms with E-state index in [-0.39, 0.29) is 17.5 Å². The molecule has 0 bridgehead atoms. The Hall–Kier alpha value is -1.94. The van der Waals surface area contributed by atoms with Gasteiger partial charge in [-0.25, -0.2) is 4.39 Å². The average molecular weight is 336 g/mol. The molecule has 0 aliphatic carbocycles. The highest BCUT2D eigenvalue weighted by atomic mass is 35.5. The van der Waals surface area contributed by atoms with Crippen molar-refractivity contribution in [2.75, 3.05) is 5.32 Å². The molecule has 2 rings (SSSR count). The number of hydrogen-bond acceptors (Lipinski definition) is 1. The van der Waals surface area contributed by atoms with E-state index in [0.29, 0.717) is 11.6 Å². The van der Waals surface area contributed by atoms with E-state index >= 15 is 0 Å². The molecular formula is C18H21ClFN2O+. The maximum absolute atomic E-state index is 13.1. The molecule has 1 amide bonds. The quantitative estimate of drug-likeness (QED) is 0.784. The van der Waals surface area contributed by atoms with Crippen LogP contribution in [0.4, 0.5) is 10.1 Å². The third-order valence-electron chi connectivity index (χ3n) is 3.90. The Morgan fingerprint density at radius 3 is 2.43 bits per heavy atom. The number of nitrogens with one attached hydrogen (secondary N) is 1. The summed E-state index contributed by atoms with van der Waals surface area (Å²) in [6.45, 7) is 4.55. The third-order valence-corrected chi connectivity index (χ3v) is 4.19. The highest BCUT2D eigenvalue weighted by Crippen LogP contribution is 2.21. The predicted molar refractivity (Wildman–Crippen MR) is 90.0 cm³/mol. The van der Waals surface area contributed by atoms with Gasteiger partial charge in [0.15, 0.2) is 12.4 Å². The number of carbonyl (C=O) groups is 1. The Labute approximate surface area is 141 Å². The maximum atomic E-state index is 13.1. The van der Waals surface area contributed by atoms with E-state index in [1.807, 2.05) is 17.0 Å². The number of amides is 1. The van der Waals surface area contributed by atoms with Crippen molar-refractivity contribution in [3.05, 3.63) is 59.1 Å². The lowest BCUT2D eigenvalue weighted by Crippen LogP contribution is -2.39. The Morgan fingerprint density at radius 1 is 1.22 bits per heavy atom. The van der Waals surface area contributed by atoms with Crippen LogP contribution in [0.15, 0.2) is 42.7 Å². The number of carbonyl (C=O) groups excluding carboxylic acids is 1. The average Bonchev–Trinajstić information content (AvgIpc) is 2.53. The monoisotopic (exact) mass is 335 g/mol. The number of nitrogens with zero attached hydrogens (tertiary/aromatic N) is 1. The van der Waals surface area contributed by atoms with Crippen molar-refractivity contribution in [1.82, 2.24) is 0 Å². The van der Waals surface area contributed by atoms with Gasteiger partial charge < -0.3 is 5.32 Å². The highest BCUT2D eigenvalue weighted by Gasteiger charge is 2.13. The molecule has 0 spiro atoms. The van der Waals surface area contributed by atoms with Gasteiger partial charge in [0.05, 0.1) is 5.02 Å². The van der Waals surface area contributed by atoms with Gasteiger partial charge in [-0.1, -0.05) is 25.4 Å². The molecule has 0 aliphatic rings. The highest BCUT2D eigenvalue weighted by molar-refractivity contribution is 6.31. The van der Waals surface area contributed by atoms with Gasteiger partial charge in [0.2, 0.25) is 6.54 Å². The molecule has 0 radical (unpaired) electrons. The molecule has 5 heteroatoms. The van der Waals surface area contributed by atoms with Gasteiger partial charge in [0.25, 0.3) is 5.91 Å². The normalized spacial score (nSPS) is 10.8. The molecule has 1 aromatic carbocycles. The molecule has 0 unspecified atom stereocenters. The van der Waals surface area contributed by atoms with Gasteiger partial charge >= 0.3 is 0 Å². The second-order valence-corrected chi connectivity index (χ2v) is 5.90. The molecular weight excluding hydrogens is 315 g/mol. The van der Waals surface area contributed by atoms with Crippen molar-refractivity contribution in [2.24, 2.45) is 0 Å². The summed E-state index contributed by atoms with van der Waals surface area (Å²) in [5, 5.41) is 2.70. The fourth-order valence-electron chi connectivity index (χ4n) is 2.55. The summed E-state index contributed by atoms with van der Waals surface area (Å²) in [5.74, 6) is -0.135. The maximum Gasteiger partial charge on any atom is 0.290 e. The van der Waals surface area contributed by atoms with Gasteiger partial charge in [-0.2, -0.15) is 4.57 Å². The van der Waals surface area contributed by atoms with Gasteiger partial charge in [-0.3, -0.25) is 4.79 Å². The first-order valence-corrected chi connectivity index (χ1v) is 8.15. The number of aromatic nitrogens is 1. The zero-order chi connectivity index (χ0) is 16.8. The topological polar surface area (TPSA) is 33.0 Å². The van der Waals surface area contributed by atoms with E-state index in [4.69, 9.17) is 11.6 Å². The van der Waals surface area contributed by atoms with Crippen molar-refractivity contribution in [3.8, 4) is 0 Å². The number of pyridine rings is 1. The van der Waals surface area contributed by atoms with E-state index in [0.717, 1.165) is 12.8 Å². The van der Waals surface area contributed by atoms with Crippen LogP contribution in [0, 0.1) is 5.82 Å². The van der Waals surface area contributed by atoms with Crippen molar-refractivity contribution in [1.29, 1.82) is 0 Å². The van der Waals surface area contributed by atoms with E-state index < -0.39 is 5.82 Å². The van der Waals surface area contributed by atoms with Crippen LogP contribution in [0.5, 0.6) is 0 Å². The van der Waals surface area contributed by atoms with Gasteiger partial charge in [0.1, 0.15) is 5.82 Å². The van der Waals surface area contributed by atoms with Crippen molar-refractivity contribution >= 4 is 23.2 Å². The van der Waals surface area contributed by atoms with Crippen LogP contribution >= 0.6 is 11.6 Å². The van der Waals surface area contributed by atoms with E-state index in [2.05, 4.69) is 31.3 Å². The largest absolute Gasteiger partial charge is 0.321 e. The molecule has 0 atom stereocenters. The number of rotatable bonds is 6. The van der Waals surface area contributed by atoms with Crippen molar-refractivity contribution < 1.29 is 13.8 Å². The van der Waals surface area contributed by atoms with Gasteiger partial charge in [-0.05, 0) is 42.5 Å². The molecule has 23 heavy (non-hydrogen) atoms. The SMILES string of the molecule is CCC(CC)c1cc[n+](CC(=O)Nc2ccc(F)c(Cl)c2)cc1. The standard InChI is InChI=1S/C18H20ClFN2O/c1-3-13(4-2)14-7-9-22(10-8-14)12-18(23)21-15-5-6-17(20)16(19)11-15/h5-11,13H,3-4,12H2,1-2H3/p+1. The summed E-state index contributed by atoms with van der Waals surface area (Å²) in [7, 11) is 0. The first-order chi connectivity index (χ1) is 11.0. The zero-order valence-corrected chi connectivity index (χ0v) is 14.1. The van der Waals surface area contributed by atoms with Crippen LogP contribution in [-0.2, 0) is 11.3 Å². The lowest BCUT2D eigenvalue weighted by molar-refractivity contribution is -0.684. The Balaban J connectivity index is 1.98. The lowest BCUT2D eigenvalue weighted by Gasteiger charge is -2.11. The molecule has 0 fully saturated rings. The molecule has 122 valence electrons. The zero-order valence-electron chi connectivity index (χ0n) is 13.4. The minimum atomic E-state index is -0.504. The Bertz CT molecular complexity index is 669. The molecule has 0 saturated heterocycles. The first-order valence-electron chi connectivity index (χ1n) is 7.77. The van der Waals surface area contributed by atoms with Crippen LogP contribution < -0.4 is 9.88 Å². The van der Waals surface area contributed by atoms with Crippen LogP contribution in [-0.4, -0.2) is 5.91 Å². The number of hydrogen-bond donors (Lipinski definition) is 1. The second kappa shape index (κ2) is 8.06. The summed E-state index contributed by atoms with van der Waals surface area (Å²) in [5.41, 5.74) is 1.77. The molecule has 1 heterocycles. The molecule has 3 nitrogen and oxygen atoms in total. The molecule has 2 aromatic rings. The fourth-order valence-corrected chi connectivity index (χ4v) is 2.73. The van der Waals surface area contributed by atoms with Crippen molar-refractivity contribution in [2.45, 2.75) is 39.2 Å². The smallest absolute Gasteiger partial charge is 0.290 e.